The van der Waals surface area contributed by atoms with Crippen molar-refractivity contribution in [3.05, 3.63) is 41.7 Å². The van der Waals surface area contributed by atoms with Crippen molar-refractivity contribution in [3.8, 4) is 11.1 Å². The van der Waals surface area contributed by atoms with Crippen molar-refractivity contribution in [2.75, 3.05) is 26.2 Å². The second kappa shape index (κ2) is 9.01. The van der Waals surface area contributed by atoms with Gasteiger partial charge in [-0.3, -0.25) is 14.3 Å². The van der Waals surface area contributed by atoms with Gasteiger partial charge < -0.3 is 16.0 Å². The second-order valence-corrected chi connectivity index (χ2v) is 7.40. The average molecular weight is 383 g/mol. The van der Waals surface area contributed by atoms with Crippen LogP contribution in [-0.4, -0.2) is 52.7 Å². The highest BCUT2D eigenvalue weighted by atomic mass is 16.2. The molecule has 1 aliphatic heterocycles. The van der Waals surface area contributed by atoms with E-state index in [1.54, 1.807) is 4.68 Å². The van der Waals surface area contributed by atoms with Crippen LogP contribution in [0, 0.1) is 5.92 Å². The minimum atomic E-state index is -0.229. The van der Waals surface area contributed by atoms with Gasteiger partial charge in [0.25, 0.3) is 5.91 Å². The zero-order valence-corrected chi connectivity index (χ0v) is 16.6. The molecule has 0 saturated carbocycles. The highest BCUT2D eigenvalue weighted by Crippen LogP contribution is 2.24. The third-order valence-corrected chi connectivity index (χ3v) is 5.30. The fourth-order valence-electron chi connectivity index (χ4n) is 3.79. The number of likely N-dealkylation sites (tertiary alicyclic amines) is 1. The number of nitrogens with zero attached hydrogens (tertiary/aromatic N) is 3. The Bertz CT molecular complexity index is 845. The Morgan fingerprint density at radius 1 is 1.36 bits per heavy atom. The number of aromatic nitrogens is 2. The van der Waals surface area contributed by atoms with Crippen LogP contribution in [0.25, 0.3) is 11.1 Å². The molecule has 28 heavy (non-hydrogen) atoms. The van der Waals surface area contributed by atoms with E-state index in [1.807, 2.05) is 37.5 Å². The van der Waals surface area contributed by atoms with Gasteiger partial charge in [0.2, 0.25) is 5.91 Å². The van der Waals surface area contributed by atoms with E-state index in [9.17, 15) is 9.59 Å². The lowest BCUT2D eigenvalue weighted by Gasteiger charge is -2.31. The Morgan fingerprint density at radius 2 is 2.18 bits per heavy atom. The van der Waals surface area contributed by atoms with Gasteiger partial charge in [0.05, 0.1) is 11.6 Å². The lowest BCUT2D eigenvalue weighted by atomic mass is 9.97. The predicted octanol–water partition coefficient (Wildman–Crippen LogP) is 1.58. The maximum absolute atomic E-state index is 12.6. The smallest absolute Gasteiger partial charge is 0.251 e. The van der Waals surface area contributed by atoms with Crippen LogP contribution < -0.4 is 11.1 Å². The van der Waals surface area contributed by atoms with Crippen molar-refractivity contribution in [2.24, 2.45) is 18.7 Å². The van der Waals surface area contributed by atoms with E-state index in [-0.39, 0.29) is 17.7 Å². The highest BCUT2D eigenvalue weighted by molar-refractivity contribution is 5.95. The molecule has 3 rings (SSSR count). The lowest BCUT2D eigenvalue weighted by Crippen LogP contribution is -2.44. The molecule has 2 aromatic rings. The summed E-state index contributed by atoms with van der Waals surface area (Å²) in [5.74, 6) is -0.395. The predicted molar refractivity (Wildman–Crippen MR) is 109 cm³/mol. The number of nitrogens with two attached hydrogens (primary N) is 1. The van der Waals surface area contributed by atoms with Crippen molar-refractivity contribution in [2.45, 2.75) is 26.2 Å². The number of amides is 2. The molecule has 150 valence electrons. The number of primary amides is 1. The fraction of sp³-hybridized carbons (Fsp3) is 0.476. The van der Waals surface area contributed by atoms with Crippen molar-refractivity contribution < 1.29 is 9.59 Å². The molecule has 1 aromatic carbocycles. The highest BCUT2D eigenvalue weighted by Gasteiger charge is 2.23. The number of benzene rings is 1. The minimum absolute atomic E-state index is 0.0756. The van der Waals surface area contributed by atoms with Gasteiger partial charge in [-0.15, -0.1) is 0 Å². The standard InChI is InChI=1S/C21H29N5O2/c1-3-19-18(14-25(2)24-19)15-6-4-7-16(12-15)21(28)23-9-11-26-10-5-8-17(13-26)20(22)27/h4,6-7,12,14,17H,3,5,8-11,13H2,1-2H3,(H2,22,27)(H,23,28). The summed E-state index contributed by atoms with van der Waals surface area (Å²) >= 11 is 0. The topological polar surface area (TPSA) is 93.2 Å². The van der Waals surface area contributed by atoms with Crippen LogP contribution >= 0.6 is 0 Å². The Balaban J connectivity index is 1.58. The zero-order valence-electron chi connectivity index (χ0n) is 16.6. The van der Waals surface area contributed by atoms with E-state index >= 15 is 0 Å². The van der Waals surface area contributed by atoms with E-state index in [4.69, 9.17) is 5.73 Å². The lowest BCUT2D eigenvalue weighted by molar-refractivity contribution is -0.123. The molecule has 7 heteroatoms. The molecule has 0 radical (unpaired) electrons. The number of aryl methyl sites for hydroxylation is 2. The Morgan fingerprint density at radius 3 is 2.93 bits per heavy atom. The van der Waals surface area contributed by atoms with Gasteiger partial charge in [-0.1, -0.05) is 19.1 Å². The first-order chi connectivity index (χ1) is 13.5. The summed E-state index contributed by atoms with van der Waals surface area (Å²) < 4.78 is 1.80. The molecule has 0 spiro atoms. The van der Waals surface area contributed by atoms with E-state index in [0.717, 1.165) is 49.2 Å². The summed E-state index contributed by atoms with van der Waals surface area (Å²) in [6.07, 6.45) is 4.66. The molecule has 2 amide bonds. The van der Waals surface area contributed by atoms with Gasteiger partial charge in [-0.05, 0) is 43.5 Å². The molecule has 7 nitrogen and oxygen atoms in total. The van der Waals surface area contributed by atoms with E-state index in [1.165, 1.54) is 0 Å². The molecule has 0 aliphatic carbocycles. The Kier molecular flexibility index (Phi) is 6.46. The third-order valence-electron chi connectivity index (χ3n) is 5.30. The van der Waals surface area contributed by atoms with Crippen LogP contribution in [0.5, 0.6) is 0 Å². The molecule has 1 unspecified atom stereocenters. The maximum Gasteiger partial charge on any atom is 0.251 e. The van der Waals surface area contributed by atoms with E-state index < -0.39 is 0 Å². The first kappa shape index (κ1) is 20.1. The van der Waals surface area contributed by atoms with Crippen LogP contribution in [0.1, 0.15) is 35.8 Å². The van der Waals surface area contributed by atoms with Gasteiger partial charge in [0.1, 0.15) is 0 Å². The number of piperidine rings is 1. The first-order valence-corrected chi connectivity index (χ1v) is 9.90. The normalized spacial score (nSPS) is 17.4. The second-order valence-electron chi connectivity index (χ2n) is 7.40. The average Bonchev–Trinajstić information content (AvgIpc) is 3.09. The summed E-state index contributed by atoms with van der Waals surface area (Å²) in [7, 11) is 1.91. The number of nitrogens with one attached hydrogen (secondary N) is 1. The Hall–Kier alpha value is -2.67. The molecule has 1 aliphatic rings. The van der Waals surface area contributed by atoms with E-state index in [2.05, 4.69) is 22.2 Å². The molecule has 3 N–H and O–H groups in total. The van der Waals surface area contributed by atoms with Crippen molar-refractivity contribution in [3.63, 3.8) is 0 Å². The third kappa shape index (κ3) is 4.78. The summed E-state index contributed by atoms with van der Waals surface area (Å²) in [5.41, 5.74) is 9.14. The molecular formula is C21H29N5O2. The van der Waals surface area contributed by atoms with E-state index in [0.29, 0.717) is 18.7 Å². The Labute approximate surface area is 165 Å². The van der Waals surface area contributed by atoms with Crippen LogP contribution in [0.2, 0.25) is 0 Å². The van der Waals surface area contributed by atoms with Crippen molar-refractivity contribution >= 4 is 11.8 Å². The SMILES string of the molecule is CCc1nn(C)cc1-c1cccc(C(=O)NCCN2CCCC(C(N)=O)C2)c1. The molecule has 2 heterocycles. The number of hydrogen-bond donors (Lipinski definition) is 2. The molecule has 0 bridgehead atoms. The van der Waals surface area contributed by atoms with Gasteiger partial charge >= 0.3 is 0 Å². The van der Waals surface area contributed by atoms with Gasteiger partial charge in [0.15, 0.2) is 0 Å². The molecule has 1 atom stereocenters. The fourth-order valence-corrected chi connectivity index (χ4v) is 3.79. The molecular weight excluding hydrogens is 354 g/mol. The molecule has 1 fully saturated rings. The molecule has 1 saturated heterocycles. The van der Waals surface area contributed by atoms with Crippen molar-refractivity contribution in [1.29, 1.82) is 0 Å². The first-order valence-electron chi connectivity index (χ1n) is 9.90. The monoisotopic (exact) mass is 383 g/mol. The zero-order chi connectivity index (χ0) is 20.1. The summed E-state index contributed by atoms with van der Waals surface area (Å²) in [6, 6.07) is 7.64. The van der Waals surface area contributed by atoms with Crippen LogP contribution in [0.3, 0.4) is 0 Å². The summed E-state index contributed by atoms with van der Waals surface area (Å²) in [6.45, 7) is 4.96. The number of hydrogen-bond acceptors (Lipinski definition) is 4. The van der Waals surface area contributed by atoms with Gasteiger partial charge in [0, 0.05) is 44.0 Å². The largest absolute Gasteiger partial charge is 0.369 e. The van der Waals surface area contributed by atoms with Crippen LogP contribution in [0.4, 0.5) is 0 Å². The maximum atomic E-state index is 12.6. The molecule has 1 aromatic heterocycles. The summed E-state index contributed by atoms with van der Waals surface area (Å²) in [4.78, 5) is 26.2. The minimum Gasteiger partial charge on any atom is -0.369 e. The van der Waals surface area contributed by atoms with Gasteiger partial charge in [-0.25, -0.2) is 0 Å². The van der Waals surface area contributed by atoms with Crippen LogP contribution in [0.15, 0.2) is 30.5 Å². The number of carbonyl (C=O) groups excluding carboxylic acids is 2. The van der Waals surface area contributed by atoms with Gasteiger partial charge in [-0.2, -0.15) is 5.10 Å². The quantitative estimate of drug-likeness (QED) is 0.759. The van der Waals surface area contributed by atoms with Crippen LogP contribution in [-0.2, 0) is 18.3 Å². The van der Waals surface area contributed by atoms with Crippen molar-refractivity contribution in [1.82, 2.24) is 20.0 Å². The summed E-state index contributed by atoms with van der Waals surface area (Å²) in [5, 5.41) is 7.46. The number of rotatable bonds is 7. The number of carbonyl (C=O) groups is 2.